The van der Waals surface area contributed by atoms with Gasteiger partial charge in [-0.05, 0) is 29.7 Å². The zero-order valence-corrected chi connectivity index (χ0v) is 23.6. The summed E-state index contributed by atoms with van der Waals surface area (Å²) in [6.07, 6.45) is 1.60. The van der Waals surface area contributed by atoms with E-state index < -0.39 is 33.1 Å². The van der Waals surface area contributed by atoms with E-state index >= 15 is 0 Å². The number of rotatable bonds is 11. The van der Waals surface area contributed by atoms with E-state index in [0.717, 1.165) is 6.07 Å². The Hall–Kier alpha value is -5.21. The first kappa shape index (κ1) is 31.7. The maximum absolute atomic E-state index is 12.2. The van der Waals surface area contributed by atoms with Crippen LogP contribution in [0.3, 0.4) is 0 Å². The predicted octanol–water partition coefficient (Wildman–Crippen LogP) is 3.81. The molecule has 0 amide bonds. The molecule has 1 aliphatic rings. The first-order chi connectivity index (χ1) is 21.1. The van der Waals surface area contributed by atoms with E-state index in [2.05, 4.69) is 20.5 Å². The van der Waals surface area contributed by atoms with Crippen molar-refractivity contribution < 1.29 is 47.4 Å². The minimum absolute atomic E-state index is 0.00678. The van der Waals surface area contributed by atoms with Gasteiger partial charge in [0.1, 0.15) is 58.6 Å². The van der Waals surface area contributed by atoms with Crippen molar-refractivity contribution in [1.82, 2.24) is 0 Å². The zero-order valence-electron chi connectivity index (χ0n) is 22.8. The van der Waals surface area contributed by atoms with E-state index in [1.54, 1.807) is 11.9 Å². The number of azo groups is 2. The van der Waals surface area contributed by atoms with Gasteiger partial charge in [-0.1, -0.05) is 6.07 Å². The number of aromatic hydroxyl groups is 1. The molecule has 3 aromatic rings. The molecule has 0 heterocycles. The van der Waals surface area contributed by atoms with Gasteiger partial charge in [0.2, 0.25) is 0 Å². The van der Waals surface area contributed by atoms with E-state index in [4.69, 9.17) is 15.2 Å². The summed E-state index contributed by atoms with van der Waals surface area (Å²) in [4.78, 5) is 21.6. The van der Waals surface area contributed by atoms with Gasteiger partial charge >= 0.3 is 0 Å². The first-order valence-electron chi connectivity index (χ1n) is 12.8. The summed E-state index contributed by atoms with van der Waals surface area (Å²) in [6, 6.07) is 7.99. The highest BCUT2D eigenvalue weighted by Crippen LogP contribution is 2.45. The van der Waals surface area contributed by atoms with Crippen LogP contribution in [0.2, 0.25) is 0 Å². The Morgan fingerprint density at radius 1 is 0.864 bits per heavy atom. The molecule has 0 unspecified atom stereocenters. The van der Waals surface area contributed by atoms with Crippen molar-refractivity contribution >= 4 is 55.5 Å². The number of nitrogens with two attached hydrogens (primary N) is 1. The molecule has 15 nitrogen and oxygen atoms in total. The second kappa shape index (κ2) is 13.8. The molecular formula is C28H25N5O10S. The number of aliphatic hydroxyl groups is 2. The molecule has 0 atom stereocenters. The van der Waals surface area contributed by atoms with Gasteiger partial charge in [0.15, 0.2) is 5.75 Å². The number of phenolic OH excluding ortho intramolecular Hbond substituents is 1. The molecule has 0 aromatic heterocycles. The molecule has 0 saturated heterocycles. The number of nitrogens with zero attached hydrogens (tertiary/aromatic N) is 4. The monoisotopic (exact) mass is 623 g/mol. The van der Waals surface area contributed by atoms with Crippen LogP contribution in [0.15, 0.2) is 84.7 Å². The van der Waals surface area contributed by atoms with Gasteiger partial charge < -0.3 is 30.5 Å². The highest BCUT2D eigenvalue weighted by atomic mass is 32.2. The number of nitrogen functional groups attached to an aromatic ring is 1. The predicted molar refractivity (Wildman–Crippen MR) is 156 cm³/mol. The molecule has 228 valence electrons. The third kappa shape index (κ3) is 7.40. The van der Waals surface area contributed by atoms with Gasteiger partial charge in [0.05, 0.1) is 18.9 Å². The summed E-state index contributed by atoms with van der Waals surface area (Å²) in [5, 5.41) is 46.1. The van der Waals surface area contributed by atoms with Crippen LogP contribution in [-0.2, 0) is 19.7 Å². The smallest absolute Gasteiger partial charge is 0.296 e. The number of hydrogen-bond donors (Lipinski definition) is 5. The number of aliphatic hydroxyl groups excluding tert-OH is 2. The number of hydrogen-bond acceptors (Lipinski definition) is 14. The lowest BCUT2D eigenvalue weighted by Crippen LogP contribution is -2.04. The Kier molecular flexibility index (Phi) is 9.98. The molecule has 3 aromatic carbocycles. The summed E-state index contributed by atoms with van der Waals surface area (Å²) in [7, 11) is -4.89. The molecule has 4 rings (SSSR count). The Balaban J connectivity index is 1.85. The number of carbonyl (C=O) groups excluding carboxylic acids is 2. The minimum atomic E-state index is -4.89. The third-order valence-electron chi connectivity index (χ3n) is 6.05. The van der Waals surface area contributed by atoms with E-state index in [1.807, 2.05) is 0 Å². The van der Waals surface area contributed by atoms with Crippen LogP contribution >= 0.6 is 0 Å². The van der Waals surface area contributed by atoms with E-state index in [0.29, 0.717) is 0 Å². The molecule has 0 bridgehead atoms. The van der Waals surface area contributed by atoms with E-state index in [9.17, 15) is 37.9 Å². The van der Waals surface area contributed by atoms with Crippen LogP contribution in [0.25, 0.3) is 10.8 Å². The lowest BCUT2D eigenvalue weighted by Gasteiger charge is -2.13. The van der Waals surface area contributed by atoms with Crippen molar-refractivity contribution in [2.75, 3.05) is 32.2 Å². The minimum Gasteiger partial charge on any atom is -0.505 e. The molecule has 0 fully saturated rings. The lowest BCUT2D eigenvalue weighted by molar-refractivity contribution is 0.198. The maximum atomic E-state index is 12.2. The second-order valence-electron chi connectivity index (χ2n) is 9.18. The summed E-state index contributed by atoms with van der Waals surface area (Å²) >= 11 is 0. The number of ether oxygens (including phenoxy) is 2. The third-order valence-corrected chi connectivity index (χ3v) is 6.92. The van der Waals surface area contributed by atoms with Gasteiger partial charge in [0.25, 0.3) is 10.1 Å². The van der Waals surface area contributed by atoms with Crippen LogP contribution in [0.5, 0.6) is 17.2 Å². The Bertz CT molecular complexity index is 1910. The van der Waals surface area contributed by atoms with Crippen molar-refractivity contribution in [2.45, 2.75) is 17.7 Å². The van der Waals surface area contributed by atoms with Gasteiger partial charge in [-0.2, -0.15) is 13.5 Å². The summed E-state index contributed by atoms with van der Waals surface area (Å²) in [5.74, 6) is 2.83. The number of anilines is 1. The van der Waals surface area contributed by atoms with Crippen LogP contribution in [0.4, 0.5) is 22.7 Å². The Morgan fingerprint density at radius 3 is 2.07 bits per heavy atom. The molecule has 0 aliphatic heterocycles. The first-order valence-corrected chi connectivity index (χ1v) is 14.2. The molecule has 16 heteroatoms. The SMILES string of the molecule is Nc1ccc2cc(S(=O)(=O)O)c(N=Nc3cc(OCCO)c(N=NC4=CC(=C=O)CC(=C=O)C4)cc3OCCO)c(O)c2c1. The molecular weight excluding hydrogens is 598 g/mol. The van der Waals surface area contributed by atoms with Gasteiger partial charge in [0, 0.05) is 47.2 Å². The number of benzene rings is 3. The number of allylic oxidation sites excluding steroid dienone is 3. The standard InChI is InChI=1S/C28H25N5O10S/c29-19-2-1-18-10-26(44(39,40)41)27(28(38)21(18)11-19)33-32-23-13-24(42-5-3-34)22(12-25(23)43-6-4-35)31-30-20-8-16(14-36)7-17(9-20)15-37/h1-2,8,10-13,34-35,38H,3-7,9,29H2,(H,39,40,41). The largest absolute Gasteiger partial charge is 0.505 e. The quantitative estimate of drug-likeness (QED) is 0.0889. The summed E-state index contributed by atoms with van der Waals surface area (Å²) < 4.78 is 45.4. The zero-order chi connectivity index (χ0) is 31.9. The number of fused-ring (bicyclic) bond motifs is 1. The van der Waals surface area contributed by atoms with Crippen molar-refractivity contribution in [1.29, 1.82) is 0 Å². The van der Waals surface area contributed by atoms with Gasteiger partial charge in [-0.15, -0.1) is 15.3 Å². The second-order valence-corrected chi connectivity index (χ2v) is 10.6. The fourth-order valence-electron chi connectivity index (χ4n) is 4.13. The van der Waals surface area contributed by atoms with Crippen LogP contribution in [0, 0.1) is 0 Å². The summed E-state index contributed by atoms with van der Waals surface area (Å²) in [6.45, 7) is -1.17. The highest BCUT2D eigenvalue weighted by molar-refractivity contribution is 7.86. The maximum Gasteiger partial charge on any atom is 0.296 e. The molecule has 0 radical (unpaired) electrons. The lowest BCUT2D eigenvalue weighted by atomic mass is 9.96. The van der Waals surface area contributed by atoms with Crippen molar-refractivity contribution in [3.8, 4) is 17.2 Å². The van der Waals surface area contributed by atoms with Crippen LogP contribution in [0.1, 0.15) is 12.8 Å². The average Bonchev–Trinajstić information content (AvgIpc) is 3.01. The van der Waals surface area contributed by atoms with Crippen LogP contribution < -0.4 is 15.2 Å². The molecule has 0 spiro atoms. The summed E-state index contributed by atoms with van der Waals surface area (Å²) in [5.41, 5.74) is 6.17. The van der Waals surface area contributed by atoms with Gasteiger partial charge in [-0.3, -0.25) is 4.55 Å². The Labute approximate surface area is 249 Å². The van der Waals surface area contributed by atoms with Crippen molar-refractivity contribution in [3.63, 3.8) is 0 Å². The molecule has 0 saturated carbocycles. The van der Waals surface area contributed by atoms with Crippen molar-refractivity contribution in [2.24, 2.45) is 20.5 Å². The van der Waals surface area contributed by atoms with Crippen molar-refractivity contribution in [3.05, 3.63) is 59.3 Å². The topological polar surface area (TPSA) is 243 Å². The normalized spacial score (nSPS) is 13.8. The molecule has 1 aliphatic carbocycles. The molecule has 6 N–H and O–H groups in total. The highest BCUT2D eigenvalue weighted by Gasteiger charge is 2.23. The number of phenols is 1. The van der Waals surface area contributed by atoms with Gasteiger partial charge in [-0.25, -0.2) is 9.59 Å². The van der Waals surface area contributed by atoms with E-state index in [1.165, 1.54) is 36.4 Å². The molecule has 44 heavy (non-hydrogen) atoms. The fraction of sp³-hybridized carbons (Fsp3) is 0.214. The van der Waals surface area contributed by atoms with Crippen LogP contribution in [-0.4, -0.2) is 66.6 Å². The fourth-order valence-corrected chi connectivity index (χ4v) is 4.78. The average molecular weight is 624 g/mol. The Morgan fingerprint density at radius 2 is 1.50 bits per heavy atom. The van der Waals surface area contributed by atoms with E-state index in [-0.39, 0.29) is 88.8 Å².